The van der Waals surface area contributed by atoms with E-state index in [1.54, 1.807) is 36.5 Å². The van der Waals surface area contributed by atoms with Crippen LogP contribution in [-0.2, 0) is 6.54 Å². The molecule has 1 aromatic carbocycles. The number of aryl methyl sites for hydroxylation is 1. The van der Waals surface area contributed by atoms with Crippen LogP contribution in [-0.4, -0.2) is 16.7 Å². The minimum atomic E-state index is -0.541. The monoisotopic (exact) mass is 303 g/mol. The number of nitrogens with one attached hydrogen (secondary N) is 1. The second-order valence-corrected chi connectivity index (χ2v) is 4.70. The summed E-state index contributed by atoms with van der Waals surface area (Å²) < 4.78 is 1.45. The highest BCUT2D eigenvalue weighted by molar-refractivity contribution is 6.30. The standard InChI is InChI=1S/C15H14ClN3O2/c1-2-19-8-4-7-13(15(19)21)14(20)18-17-10-11-5-3-6-12(16)9-11/h3-10H,2H2,1H3,(H,18,20)/b17-10-. The third-order valence-corrected chi connectivity index (χ3v) is 3.07. The Hall–Kier alpha value is -2.40. The van der Waals surface area contributed by atoms with Crippen molar-refractivity contribution < 1.29 is 4.79 Å². The molecule has 0 aliphatic heterocycles. The average Bonchev–Trinajstić information content (AvgIpc) is 2.47. The summed E-state index contributed by atoms with van der Waals surface area (Å²) >= 11 is 5.84. The second-order valence-electron chi connectivity index (χ2n) is 4.27. The van der Waals surface area contributed by atoms with Crippen LogP contribution in [0.5, 0.6) is 0 Å². The fourth-order valence-corrected chi connectivity index (χ4v) is 1.97. The third kappa shape index (κ3) is 3.79. The van der Waals surface area contributed by atoms with E-state index in [2.05, 4.69) is 10.5 Å². The quantitative estimate of drug-likeness (QED) is 0.696. The van der Waals surface area contributed by atoms with Crippen LogP contribution in [0.4, 0.5) is 0 Å². The Morgan fingerprint density at radius 2 is 2.19 bits per heavy atom. The van der Waals surface area contributed by atoms with Crippen molar-refractivity contribution >= 4 is 23.7 Å². The van der Waals surface area contributed by atoms with Gasteiger partial charge in [0.1, 0.15) is 5.56 Å². The van der Waals surface area contributed by atoms with E-state index in [1.165, 1.54) is 16.8 Å². The van der Waals surface area contributed by atoms with Gasteiger partial charge in [0.2, 0.25) is 0 Å². The SMILES string of the molecule is CCn1cccc(C(=O)N/N=C\c2cccc(Cl)c2)c1=O. The number of pyridine rings is 1. The highest BCUT2D eigenvalue weighted by Gasteiger charge is 2.10. The number of hydrazone groups is 1. The van der Waals surface area contributed by atoms with E-state index in [4.69, 9.17) is 11.6 Å². The molecule has 5 nitrogen and oxygen atoms in total. The van der Waals surface area contributed by atoms with E-state index in [1.807, 2.05) is 6.92 Å². The van der Waals surface area contributed by atoms with Gasteiger partial charge >= 0.3 is 0 Å². The molecule has 0 unspecified atom stereocenters. The number of benzene rings is 1. The fraction of sp³-hybridized carbons (Fsp3) is 0.133. The van der Waals surface area contributed by atoms with Gasteiger partial charge in [0, 0.05) is 17.8 Å². The Bertz CT molecular complexity index is 738. The lowest BCUT2D eigenvalue weighted by atomic mass is 10.2. The molecule has 1 aromatic heterocycles. The molecule has 0 fully saturated rings. The summed E-state index contributed by atoms with van der Waals surface area (Å²) in [4.78, 5) is 23.9. The summed E-state index contributed by atoms with van der Waals surface area (Å²) in [6.07, 6.45) is 3.10. The van der Waals surface area contributed by atoms with Crippen molar-refractivity contribution in [1.82, 2.24) is 9.99 Å². The first kappa shape index (κ1) is 15.0. The van der Waals surface area contributed by atoms with Crippen molar-refractivity contribution in [3.63, 3.8) is 0 Å². The van der Waals surface area contributed by atoms with Crippen LogP contribution in [0, 0.1) is 0 Å². The molecular weight excluding hydrogens is 290 g/mol. The Morgan fingerprint density at radius 1 is 1.38 bits per heavy atom. The number of nitrogens with zero attached hydrogens (tertiary/aromatic N) is 2. The predicted molar refractivity (Wildman–Crippen MR) is 82.9 cm³/mol. The van der Waals surface area contributed by atoms with Crippen molar-refractivity contribution in [1.29, 1.82) is 0 Å². The molecule has 21 heavy (non-hydrogen) atoms. The number of carbonyl (C=O) groups excluding carboxylic acids is 1. The van der Waals surface area contributed by atoms with E-state index >= 15 is 0 Å². The molecule has 0 atom stereocenters. The summed E-state index contributed by atoms with van der Waals surface area (Å²) in [7, 11) is 0. The molecule has 0 saturated carbocycles. The zero-order valence-corrected chi connectivity index (χ0v) is 12.2. The zero-order valence-electron chi connectivity index (χ0n) is 11.4. The van der Waals surface area contributed by atoms with Gasteiger partial charge in [0.25, 0.3) is 11.5 Å². The molecule has 1 amide bonds. The first-order valence-corrected chi connectivity index (χ1v) is 6.78. The lowest BCUT2D eigenvalue weighted by Gasteiger charge is -2.04. The average molecular weight is 304 g/mol. The molecule has 6 heteroatoms. The lowest BCUT2D eigenvalue weighted by molar-refractivity contribution is 0.0953. The molecule has 2 rings (SSSR count). The molecule has 0 aliphatic carbocycles. The van der Waals surface area contributed by atoms with Crippen molar-refractivity contribution in [3.05, 3.63) is 69.1 Å². The Kier molecular flexibility index (Phi) is 4.90. The molecule has 0 saturated heterocycles. The van der Waals surface area contributed by atoms with E-state index in [-0.39, 0.29) is 11.1 Å². The van der Waals surface area contributed by atoms with Crippen LogP contribution in [0.15, 0.2) is 52.5 Å². The Labute approximate surface area is 126 Å². The number of halogens is 1. The minimum Gasteiger partial charge on any atom is -0.315 e. The topological polar surface area (TPSA) is 63.5 Å². The van der Waals surface area contributed by atoms with E-state index < -0.39 is 5.91 Å². The fourth-order valence-electron chi connectivity index (χ4n) is 1.77. The van der Waals surface area contributed by atoms with Crippen LogP contribution in [0.2, 0.25) is 5.02 Å². The normalized spacial score (nSPS) is 10.8. The maximum atomic E-state index is 12.0. The first-order valence-electron chi connectivity index (χ1n) is 6.40. The van der Waals surface area contributed by atoms with Crippen LogP contribution in [0.1, 0.15) is 22.8 Å². The number of rotatable bonds is 4. The highest BCUT2D eigenvalue weighted by Crippen LogP contribution is 2.08. The first-order chi connectivity index (χ1) is 10.1. The van der Waals surface area contributed by atoms with Crippen molar-refractivity contribution in [2.24, 2.45) is 5.10 Å². The molecule has 108 valence electrons. The van der Waals surface area contributed by atoms with Crippen LogP contribution in [0.3, 0.4) is 0 Å². The molecule has 0 aliphatic rings. The van der Waals surface area contributed by atoms with E-state index in [9.17, 15) is 9.59 Å². The maximum absolute atomic E-state index is 12.0. The van der Waals surface area contributed by atoms with Crippen LogP contribution in [0.25, 0.3) is 0 Å². The number of aromatic nitrogens is 1. The van der Waals surface area contributed by atoms with Gasteiger partial charge in [-0.1, -0.05) is 23.7 Å². The molecule has 2 aromatic rings. The van der Waals surface area contributed by atoms with Crippen LogP contribution >= 0.6 is 11.6 Å². The van der Waals surface area contributed by atoms with Crippen molar-refractivity contribution in [2.75, 3.05) is 0 Å². The summed E-state index contributed by atoms with van der Waals surface area (Å²) in [6.45, 7) is 2.34. The van der Waals surface area contributed by atoms with Gasteiger partial charge in [-0.2, -0.15) is 5.10 Å². The molecule has 0 bridgehead atoms. The van der Waals surface area contributed by atoms with Crippen LogP contribution < -0.4 is 11.0 Å². The van der Waals surface area contributed by atoms with Gasteiger partial charge < -0.3 is 4.57 Å². The summed E-state index contributed by atoms with van der Waals surface area (Å²) in [6, 6.07) is 10.2. The van der Waals surface area contributed by atoms with Crippen molar-refractivity contribution in [2.45, 2.75) is 13.5 Å². The summed E-state index contributed by atoms with van der Waals surface area (Å²) in [5, 5.41) is 4.41. The van der Waals surface area contributed by atoms with Gasteiger partial charge in [-0.05, 0) is 36.8 Å². The summed E-state index contributed by atoms with van der Waals surface area (Å²) in [5.41, 5.74) is 2.81. The van der Waals surface area contributed by atoms with Gasteiger partial charge in [-0.3, -0.25) is 9.59 Å². The molecule has 0 spiro atoms. The van der Waals surface area contributed by atoms with Gasteiger partial charge in [0.05, 0.1) is 6.21 Å². The van der Waals surface area contributed by atoms with E-state index in [0.29, 0.717) is 11.6 Å². The second kappa shape index (κ2) is 6.85. The van der Waals surface area contributed by atoms with Gasteiger partial charge in [0.15, 0.2) is 0 Å². The highest BCUT2D eigenvalue weighted by atomic mass is 35.5. The Morgan fingerprint density at radius 3 is 2.90 bits per heavy atom. The largest absolute Gasteiger partial charge is 0.315 e. The Balaban J connectivity index is 2.11. The van der Waals surface area contributed by atoms with E-state index in [0.717, 1.165) is 5.56 Å². The summed E-state index contributed by atoms with van der Waals surface area (Å²) in [5.74, 6) is -0.541. The molecule has 1 heterocycles. The number of hydrogen-bond donors (Lipinski definition) is 1. The molecular formula is C15H14ClN3O2. The lowest BCUT2D eigenvalue weighted by Crippen LogP contribution is -2.30. The minimum absolute atomic E-state index is 0.0580. The van der Waals surface area contributed by atoms with Gasteiger partial charge in [-0.15, -0.1) is 0 Å². The maximum Gasteiger partial charge on any atom is 0.276 e. The van der Waals surface area contributed by atoms with Gasteiger partial charge in [-0.25, -0.2) is 5.43 Å². The smallest absolute Gasteiger partial charge is 0.276 e. The zero-order chi connectivity index (χ0) is 15.2. The molecule has 1 N–H and O–H groups in total. The third-order valence-electron chi connectivity index (χ3n) is 2.83. The molecule has 0 radical (unpaired) electrons. The predicted octanol–water partition coefficient (Wildman–Crippen LogP) is 2.29. The van der Waals surface area contributed by atoms with Crippen molar-refractivity contribution in [3.8, 4) is 0 Å². The number of hydrogen-bond acceptors (Lipinski definition) is 3. The number of carbonyl (C=O) groups is 1. The number of amides is 1.